The number of nitrogens with zero attached hydrogens (tertiary/aromatic N) is 2. The van der Waals surface area contributed by atoms with Crippen LogP contribution < -0.4 is 0 Å². The Morgan fingerprint density at radius 3 is 1.18 bits per heavy atom. The molecule has 9 heteroatoms. The molecule has 4 aromatic rings. The van der Waals surface area contributed by atoms with Gasteiger partial charge in [0.05, 0.1) is 36.4 Å². The van der Waals surface area contributed by atoms with Gasteiger partial charge in [-0.3, -0.25) is 9.68 Å². The van der Waals surface area contributed by atoms with Crippen molar-refractivity contribution in [3.05, 3.63) is 168 Å². The second-order valence-corrected chi connectivity index (χ2v) is 15.7. The molecule has 0 fully saturated rings. The van der Waals surface area contributed by atoms with Crippen LogP contribution in [0.25, 0.3) is 0 Å². The van der Waals surface area contributed by atoms with Crippen LogP contribution in [-0.4, -0.2) is 62.0 Å². The van der Waals surface area contributed by atoms with Crippen LogP contribution in [0.3, 0.4) is 0 Å². The number of rotatable bonds is 18. The predicted octanol–water partition coefficient (Wildman–Crippen LogP) is 11.3. The van der Waals surface area contributed by atoms with Crippen molar-refractivity contribution in [2.45, 2.75) is 128 Å². The minimum atomic E-state index is -1.82. The van der Waals surface area contributed by atoms with Crippen LogP contribution in [0.4, 0.5) is 0 Å². The van der Waals surface area contributed by atoms with E-state index in [0.29, 0.717) is 13.2 Å². The van der Waals surface area contributed by atoms with Gasteiger partial charge in [0.15, 0.2) is 0 Å². The quantitative estimate of drug-likeness (QED) is 0.0575. The molecule has 9 nitrogen and oxygen atoms in total. The number of carboxylic acids is 2. The molecular weight excluding hydrogens is 765 g/mol. The van der Waals surface area contributed by atoms with Crippen molar-refractivity contribution in [1.29, 1.82) is 0 Å². The summed E-state index contributed by atoms with van der Waals surface area (Å²) in [6.45, 7) is 10.1. The lowest BCUT2D eigenvalue weighted by atomic mass is 9.81. The van der Waals surface area contributed by atoms with Crippen molar-refractivity contribution in [2.24, 2.45) is 0 Å². The molecule has 4 atom stereocenters. The van der Waals surface area contributed by atoms with Crippen LogP contribution in [0, 0.1) is 0 Å². The number of allylic oxidation sites excluding steroid dienone is 2. The van der Waals surface area contributed by atoms with Crippen LogP contribution in [0.5, 0.6) is 0 Å². The Kier molecular flexibility index (Phi) is 22.4. The van der Waals surface area contributed by atoms with E-state index in [1.165, 1.54) is 60.8 Å². The third kappa shape index (κ3) is 15.8. The summed E-state index contributed by atoms with van der Waals surface area (Å²) in [5, 5.41) is 19.4. The average Bonchev–Trinajstić information content (AvgIpc) is 3.29. The van der Waals surface area contributed by atoms with Crippen molar-refractivity contribution in [2.75, 3.05) is 13.2 Å². The fourth-order valence-electron chi connectivity index (χ4n) is 8.58. The van der Waals surface area contributed by atoms with Gasteiger partial charge < -0.3 is 15.7 Å². The molecule has 0 radical (unpaired) electrons. The molecule has 0 saturated carbocycles. The minimum Gasteiger partial charge on any atom is -0.473 e. The summed E-state index contributed by atoms with van der Waals surface area (Å²) in [5.41, 5.74) is 5.44. The largest absolute Gasteiger partial charge is 0.473 e. The van der Waals surface area contributed by atoms with E-state index < -0.39 is 11.9 Å². The number of hydrogen-bond acceptors (Lipinski definition) is 6. The fraction of sp³-hybridized carbons (Fsp3) is 0.423. The molecule has 4 N–H and O–H groups in total. The summed E-state index contributed by atoms with van der Waals surface area (Å²) in [4.78, 5) is 30.8. The van der Waals surface area contributed by atoms with Crippen LogP contribution >= 0.6 is 0 Å². The number of carbonyl (C=O) groups is 2. The lowest BCUT2D eigenvalue weighted by molar-refractivity contribution is -0.236. The molecule has 0 spiro atoms. The molecule has 2 aliphatic carbocycles. The Balaban J connectivity index is 0.000000283. The third-order valence-electron chi connectivity index (χ3n) is 11.5. The van der Waals surface area contributed by atoms with Crippen LogP contribution in [-0.2, 0) is 32.1 Å². The first-order valence-electron chi connectivity index (χ1n) is 22.0. The van der Waals surface area contributed by atoms with E-state index >= 15 is 0 Å². The highest BCUT2D eigenvalue weighted by atomic mass is 16.7. The molecule has 0 aliphatic heterocycles. The zero-order valence-corrected chi connectivity index (χ0v) is 36.8. The first-order valence-corrected chi connectivity index (χ1v) is 22.0. The average molecular weight is 835 g/mol. The van der Waals surface area contributed by atoms with Gasteiger partial charge in [0.1, 0.15) is 0 Å². The first kappa shape index (κ1) is 50.5. The highest BCUT2D eigenvalue weighted by Gasteiger charge is 2.40. The van der Waals surface area contributed by atoms with Gasteiger partial charge in [-0.2, -0.15) is 10.1 Å². The summed E-state index contributed by atoms with van der Waals surface area (Å²) >= 11 is 0. The number of carboxylic acid groups (broad SMARTS) is 2. The van der Waals surface area contributed by atoms with E-state index in [9.17, 15) is 0 Å². The van der Waals surface area contributed by atoms with Crippen molar-refractivity contribution >= 4 is 11.9 Å². The standard InChI is InChI=1S/2C25H33NO.C2H2O4.H2O/c2*1-3-27-26(22(2)24-17-9-5-10-18-24)25(19-11-6-12-20-25)21-13-16-23-14-7-4-8-15-23;3-1(4)2(5)6;/h2*4-5,7-11,14-15,17-19,22H,3,6,12-13,16,20-21H2,1-2H3;(H,3,4)(H,5,6);1H2. The minimum absolute atomic E-state index is 0. The topological polar surface area (TPSA) is 131 Å². The molecule has 4 unspecified atom stereocenters. The normalized spacial score (nSPS) is 19.0. The van der Waals surface area contributed by atoms with Gasteiger partial charge in [0, 0.05) is 0 Å². The van der Waals surface area contributed by atoms with Crippen molar-refractivity contribution in [1.82, 2.24) is 10.1 Å². The molecule has 4 aromatic carbocycles. The van der Waals surface area contributed by atoms with E-state index in [4.69, 9.17) is 29.5 Å². The Bertz CT molecular complexity index is 1720. The number of hydroxylamine groups is 4. The summed E-state index contributed by atoms with van der Waals surface area (Å²) < 4.78 is 0. The summed E-state index contributed by atoms with van der Waals surface area (Å²) in [7, 11) is 0. The fourth-order valence-corrected chi connectivity index (χ4v) is 8.58. The maximum Gasteiger partial charge on any atom is 0.414 e. The smallest absolute Gasteiger partial charge is 0.414 e. The second kappa shape index (κ2) is 27.1. The van der Waals surface area contributed by atoms with Crippen molar-refractivity contribution < 1.29 is 35.0 Å². The van der Waals surface area contributed by atoms with Gasteiger partial charge in [0.25, 0.3) is 0 Å². The molecule has 2 aliphatic rings. The van der Waals surface area contributed by atoms with E-state index in [2.05, 4.69) is 183 Å². The van der Waals surface area contributed by atoms with Crippen LogP contribution in [0.1, 0.15) is 126 Å². The zero-order valence-electron chi connectivity index (χ0n) is 36.8. The Morgan fingerprint density at radius 1 is 0.574 bits per heavy atom. The Labute approximate surface area is 364 Å². The monoisotopic (exact) mass is 835 g/mol. The zero-order chi connectivity index (χ0) is 43.1. The second-order valence-electron chi connectivity index (χ2n) is 15.7. The summed E-state index contributed by atoms with van der Waals surface area (Å²) in [5.74, 6) is -3.65. The van der Waals surface area contributed by atoms with E-state index in [-0.39, 0.29) is 28.6 Å². The summed E-state index contributed by atoms with van der Waals surface area (Å²) in [6, 6.07) is 43.6. The first-order chi connectivity index (χ1) is 29.1. The molecular formula is C52H70N2O7. The molecule has 6 rings (SSSR count). The lowest BCUT2D eigenvalue weighted by Gasteiger charge is -2.46. The maximum absolute atomic E-state index is 9.10. The number of benzene rings is 4. The van der Waals surface area contributed by atoms with Crippen LogP contribution in [0.2, 0.25) is 0 Å². The number of aliphatic carboxylic acids is 2. The Morgan fingerprint density at radius 2 is 0.902 bits per heavy atom. The number of aryl methyl sites for hydroxylation is 2. The molecule has 0 bridgehead atoms. The van der Waals surface area contributed by atoms with Gasteiger partial charge in [-0.05, 0) is 127 Å². The molecule has 0 aromatic heterocycles. The summed E-state index contributed by atoms with van der Waals surface area (Å²) in [6.07, 6.45) is 23.5. The van der Waals surface area contributed by atoms with Gasteiger partial charge in [-0.1, -0.05) is 146 Å². The van der Waals surface area contributed by atoms with Crippen LogP contribution in [0.15, 0.2) is 146 Å². The van der Waals surface area contributed by atoms with Crippen molar-refractivity contribution in [3.8, 4) is 0 Å². The van der Waals surface area contributed by atoms with Gasteiger partial charge in [-0.25, -0.2) is 9.59 Å². The molecule has 330 valence electrons. The molecule has 61 heavy (non-hydrogen) atoms. The highest BCUT2D eigenvalue weighted by molar-refractivity contribution is 6.27. The molecule has 0 heterocycles. The SMILES string of the molecule is CCON(C(C)c1ccccc1)C1(CCCc2ccccc2)C=CCCC1.CCON(C(C)c1ccccc1)C1(CCCc2ccccc2)C=CCCC1.O.O=C(O)C(=O)O. The van der Waals surface area contributed by atoms with E-state index in [0.717, 1.165) is 38.5 Å². The van der Waals surface area contributed by atoms with Gasteiger partial charge in [-0.15, -0.1) is 0 Å². The maximum atomic E-state index is 9.10. The molecule has 0 saturated heterocycles. The van der Waals surface area contributed by atoms with Crippen molar-refractivity contribution in [3.63, 3.8) is 0 Å². The van der Waals surface area contributed by atoms with Gasteiger partial charge in [0.2, 0.25) is 0 Å². The van der Waals surface area contributed by atoms with E-state index in [1.54, 1.807) is 0 Å². The third-order valence-corrected chi connectivity index (χ3v) is 11.5. The molecule has 0 amide bonds. The number of hydrogen-bond donors (Lipinski definition) is 2. The predicted molar refractivity (Wildman–Crippen MR) is 246 cm³/mol. The lowest BCUT2D eigenvalue weighted by Crippen LogP contribution is -2.49. The van der Waals surface area contributed by atoms with E-state index in [1.807, 2.05) is 0 Å². The van der Waals surface area contributed by atoms with Gasteiger partial charge >= 0.3 is 11.9 Å². The highest BCUT2D eigenvalue weighted by Crippen LogP contribution is 2.41. The Hall–Kier alpha value is -4.90.